The minimum Gasteiger partial charge on any atom is -0.221 e. The topological polar surface area (TPSA) is 12.9 Å². The predicted octanol–water partition coefficient (Wildman–Crippen LogP) is 3.57. The lowest BCUT2D eigenvalue weighted by atomic mass is 10.2. The molecule has 0 N–H and O–H groups in total. The summed E-state index contributed by atoms with van der Waals surface area (Å²) < 4.78 is 13.0. The van der Waals surface area contributed by atoms with E-state index < -0.39 is 5.82 Å². The van der Waals surface area contributed by atoms with Crippen molar-refractivity contribution >= 4 is 34.8 Å². The largest absolute Gasteiger partial charge is 0.221 e. The van der Waals surface area contributed by atoms with E-state index in [-0.39, 0.29) is 16.2 Å². The highest BCUT2D eigenvalue weighted by atomic mass is 35.5. The summed E-state index contributed by atoms with van der Waals surface area (Å²) in [4.78, 5) is 3.58. The Bertz CT molecular complexity index is 314. The molecule has 0 aliphatic rings. The second kappa shape index (κ2) is 3.77. The van der Waals surface area contributed by atoms with Gasteiger partial charge in [0.15, 0.2) is 11.0 Å². The van der Waals surface area contributed by atoms with E-state index in [4.69, 9.17) is 34.8 Å². The van der Waals surface area contributed by atoms with E-state index in [2.05, 4.69) is 4.98 Å². The molecule has 5 heteroatoms. The Labute approximate surface area is 84.5 Å². The van der Waals surface area contributed by atoms with Crippen LogP contribution in [0.25, 0.3) is 0 Å². The van der Waals surface area contributed by atoms with Gasteiger partial charge >= 0.3 is 0 Å². The Kier molecular flexibility index (Phi) is 3.16. The van der Waals surface area contributed by atoms with Gasteiger partial charge in [0.1, 0.15) is 5.15 Å². The molecule has 0 aliphatic carbocycles. The maximum absolute atomic E-state index is 13.0. The van der Waals surface area contributed by atoms with Crippen molar-refractivity contribution in [2.45, 2.75) is 12.8 Å². The number of nitrogens with zero attached hydrogens (tertiary/aromatic N) is 1. The molecule has 0 aliphatic heterocycles. The SMILES string of the molecule is Cc1c(F)c(Cl)nc(Cl)c1CCl. The zero-order valence-electron chi connectivity index (χ0n) is 6.17. The number of alkyl halides is 1. The lowest BCUT2D eigenvalue weighted by molar-refractivity contribution is 0.610. The molecule has 1 heterocycles. The standard InChI is InChI=1S/C7H5Cl3FN/c1-3-4(2-8)6(9)12-7(10)5(3)11/h2H2,1H3. The van der Waals surface area contributed by atoms with Gasteiger partial charge < -0.3 is 0 Å². The van der Waals surface area contributed by atoms with Gasteiger partial charge in [0.05, 0.1) is 5.88 Å². The number of halogens is 4. The smallest absolute Gasteiger partial charge is 0.166 e. The van der Waals surface area contributed by atoms with Crippen LogP contribution in [0.3, 0.4) is 0 Å². The number of hydrogen-bond acceptors (Lipinski definition) is 1. The van der Waals surface area contributed by atoms with Crippen molar-refractivity contribution in [2.75, 3.05) is 0 Å². The number of hydrogen-bond donors (Lipinski definition) is 0. The Hall–Kier alpha value is -0.0500. The average Bonchev–Trinajstić information content (AvgIpc) is 2.01. The molecule has 0 amide bonds. The molecule has 12 heavy (non-hydrogen) atoms. The molecule has 0 saturated heterocycles. The van der Waals surface area contributed by atoms with Crippen molar-refractivity contribution in [3.8, 4) is 0 Å². The number of aromatic nitrogens is 1. The first-order valence-electron chi connectivity index (χ1n) is 3.13. The summed E-state index contributed by atoms with van der Waals surface area (Å²) in [5.74, 6) is -0.428. The summed E-state index contributed by atoms with van der Waals surface area (Å²) in [6.45, 7) is 1.56. The van der Waals surface area contributed by atoms with Crippen molar-refractivity contribution in [1.82, 2.24) is 4.98 Å². The summed E-state index contributed by atoms with van der Waals surface area (Å²) in [6.07, 6.45) is 0. The number of pyridine rings is 1. The van der Waals surface area contributed by atoms with Gasteiger partial charge in [0.25, 0.3) is 0 Å². The molecule has 0 aromatic carbocycles. The maximum Gasteiger partial charge on any atom is 0.166 e. The Morgan fingerprint density at radius 2 is 1.92 bits per heavy atom. The van der Waals surface area contributed by atoms with Crippen LogP contribution >= 0.6 is 34.8 Å². The van der Waals surface area contributed by atoms with Gasteiger partial charge in [-0.1, -0.05) is 23.2 Å². The monoisotopic (exact) mass is 227 g/mol. The summed E-state index contributed by atoms with van der Waals surface area (Å²) >= 11 is 16.6. The first-order valence-corrected chi connectivity index (χ1v) is 4.43. The van der Waals surface area contributed by atoms with E-state index in [0.29, 0.717) is 11.1 Å². The van der Waals surface area contributed by atoms with Gasteiger partial charge in [-0.15, -0.1) is 11.6 Å². The van der Waals surface area contributed by atoms with E-state index in [1.165, 1.54) is 0 Å². The molecular weight excluding hydrogens is 223 g/mol. The third-order valence-electron chi connectivity index (χ3n) is 1.54. The van der Waals surface area contributed by atoms with E-state index in [9.17, 15) is 4.39 Å². The van der Waals surface area contributed by atoms with Gasteiger partial charge in [-0.05, 0) is 12.5 Å². The van der Waals surface area contributed by atoms with E-state index in [1.807, 2.05) is 0 Å². The molecule has 0 atom stereocenters. The Morgan fingerprint density at radius 1 is 1.33 bits per heavy atom. The van der Waals surface area contributed by atoms with Crippen LogP contribution in [0.4, 0.5) is 4.39 Å². The Balaban J connectivity index is 3.40. The van der Waals surface area contributed by atoms with Gasteiger partial charge in [-0.25, -0.2) is 9.37 Å². The number of rotatable bonds is 1. The van der Waals surface area contributed by atoms with E-state index in [0.717, 1.165) is 0 Å². The molecule has 0 spiro atoms. The molecule has 1 rings (SSSR count). The maximum atomic E-state index is 13.0. The minimum atomic E-state index is -0.559. The molecule has 0 unspecified atom stereocenters. The van der Waals surface area contributed by atoms with E-state index >= 15 is 0 Å². The lowest BCUT2D eigenvalue weighted by Crippen LogP contribution is -1.96. The second-order valence-corrected chi connectivity index (χ2v) is 3.23. The summed E-state index contributed by atoms with van der Waals surface area (Å²) in [7, 11) is 0. The minimum absolute atomic E-state index is 0.131. The first-order chi connectivity index (χ1) is 5.57. The normalized spacial score (nSPS) is 10.4. The van der Waals surface area contributed by atoms with Crippen molar-refractivity contribution in [2.24, 2.45) is 0 Å². The van der Waals surface area contributed by atoms with Crippen LogP contribution in [0.2, 0.25) is 10.3 Å². The predicted molar refractivity (Wildman–Crippen MR) is 48.5 cm³/mol. The fourth-order valence-electron chi connectivity index (χ4n) is 0.800. The van der Waals surface area contributed by atoms with Crippen molar-refractivity contribution in [1.29, 1.82) is 0 Å². The highest BCUT2D eigenvalue weighted by Gasteiger charge is 2.13. The summed E-state index contributed by atoms with van der Waals surface area (Å²) in [5.41, 5.74) is 0.843. The van der Waals surface area contributed by atoms with Crippen LogP contribution in [0.5, 0.6) is 0 Å². The second-order valence-electron chi connectivity index (χ2n) is 2.24. The Morgan fingerprint density at radius 3 is 2.42 bits per heavy atom. The van der Waals surface area contributed by atoms with Crippen LogP contribution in [0.15, 0.2) is 0 Å². The van der Waals surface area contributed by atoms with Crippen molar-refractivity contribution < 1.29 is 4.39 Å². The molecule has 1 nitrogen and oxygen atoms in total. The van der Waals surface area contributed by atoms with E-state index in [1.54, 1.807) is 6.92 Å². The van der Waals surface area contributed by atoms with Crippen LogP contribution in [-0.4, -0.2) is 4.98 Å². The third kappa shape index (κ3) is 1.65. The van der Waals surface area contributed by atoms with Crippen molar-refractivity contribution in [3.05, 3.63) is 27.3 Å². The van der Waals surface area contributed by atoms with Crippen LogP contribution < -0.4 is 0 Å². The highest BCUT2D eigenvalue weighted by Crippen LogP contribution is 2.26. The van der Waals surface area contributed by atoms with Gasteiger partial charge in [0.2, 0.25) is 0 Å². The van der Waals surface area contributed by atoms with Gasteiger partial charge in [-0.3, -0.25) is 0 Å². The van der Waals surface area contributed by atoms with Crippen LogP contribution in [0.1, 0.15) is 11.1 Å². The van der Waals surface area contributed by atoms with Crippen LogP contribution in [0, 0.1) is 12.7 Å². The van der Waals surface area contributed by atoms with Gasteiger partial charge in [0, 0.05) is 5.56 Å². The third-order valence-corrected chi connectivity index (χ3v) is 2.37. The van der Waals surface area contributed by atoms with Crippen LogP contribution in [-0.2, 0) is 5.88 Å². The molecule has 0 fully saturated rings. The highest BCUT2D eigenvalue weighted by molar-refractivity contribution is 6.33. The first kappa shape index (κ1) is 10.0. The molecule has 1 aromatic heterocycles. The molecule has 1 aromatic rings. The molecule has 0 saturated carbocycles. The fraction of sp³-hybridized carbons (Fsp3) is 0.286. The van der Waals surface area contributed by atoms with Crippen molar-refractivity contribution in [3.63, 3.8) is 0 Å². The molecule has 0 radical (unpaired) electrons. The zero-order valence-corrected chi connectivity index (χ0v) is 8.43. The lowest BCUT2D eigenvalue weighted by Gasteiger charge is -2.05. The fourth-order valence-corrected chi connectivity index (χ4v) is 1.76. The molecule has 0 bridgehead atoms. The molecule has 66 valence electrons. The summed E-state index contributed by atoms with van der Waals surface area (Å²) in [6, 6.07) is 0. The van der Waals surface area contributed by atoms with Gasteiger partial charge in [-0.2, -0.15) is 0 Å². The summed E-state index contributed by atoms with van der Waals surface area (Å²) in [5, 5.41) is -0.0553. The average molecular weight is 228 g/mol. The molecular formula is C7H5Cl3FN. The zero-order chi connectivity index (χ0) is 9.30. The quantitative estimate of drug-likeness (QED) is 0.529.